The fourth-order valence-electron chi connectivity index (χ4n) is 7.84. The van der Waals surface area contributed by atoms with Crippen LogP contribution in [0.15, 0.2) is 146 Å². The van der Waals surface area contributed by atoms with Crippen LogP contribution in [0.25, 0.3) is 32.3 Å². The largest absolute Gasteiger partial charge is 0.310 e. The summed E-state index contributed by atoms with van der Waals surface area (Å²) in [4.78, 5) is 4.89. The maximum Gasteiger partial charge on any atom is 0.0775 e. The Balaban J connectivity index is 1.36. The number of anilines is 6. The lowest BCUT2D eigenvalue weighted by molar-refractivity contribution is 0.866. The molecule has 264 valence electrons. The molecule has 0 atom stereocenters. The molecule has 0 aliphatic carbocycles. The van der Waals surface area contributed by atoms with Gasteiger partial charge in [0.15, 0.2) is 0 Å². The van der Waals surface area contributed by atoms with E-state index in [9.17, 15) is 0 Å². The van der Waals surface area contributed by atoms with Crippen molar-refractivity contribution in [3.63, 3.8) is 0 Å². The number of rotatable bonds is 9. The second kappa shape index (κ2) is 13.5. The van der Waals surface area contributed by atoms with Crippen LogP contribution in [-0.2, 0) is 0 Å². The van der Waals surface area contributed by atoms with Crippen LogP contribution in [0.4, 0.5) is 34.1 Å². The number of hydrogen-bond acceptors (Lipinski definition) is 2. The Morgan fingerprint density at radius 3 is 1.09 bits per heavy atom. The van der Waals surface area contributed by atoms with E-state index in [1.165, 1.54) is 76.9 Å². The van der Waals surface area contributed by atoms with Crippen molar-refractivity contribution in [2.45, 2.75) is 66.1 Å². The van der Waals surface area contributed by atoms with Crippen LogP contribution in [0, 0.1) is 6.92 Å². The SMILES string of the molecule is Cc1ccc(N(c2ccc(C(C)C)cc2)c2ccc3ccc4c(N(c5ccc(C(C)C)cc5)c5ccc([Si](C)(C)C)cc5)ccc5ccc2c3c54)cc1. The summed E-state index contributed by atoms with van der Waals surface area (Å²) in [6.07, 6.45) is 0. The molecule has 0 amide bonds. The lowest BCUT2D eigenvalue weighted by Gasteiger charge is -2.30. The third-order valence-electron chi connectivity index (χ3n) is 11.0. The minimum atomic E-state index is -1.46. The normalized spacial score (nSPS) is 12.1. The van der Waals surface area contributed by atoms with Crippen LogP contribution >= 0.6 is 0 Å². The molecule has 0 fully saturated rings. The summed E-state index contributed by atoms with van der Waals surface area (Å²) in [6.45, 7) is 18.4. The van der Waals surface area contributed by atoms with Gasteiger partial charge in [0.1, 0.15) is 0 Å². The van der Waals surface area contributed by atoms with E-state index >= 15 is 0 Å². The highest BCUT2D eigenvalue weighted by atomic mass is 28.3. The van der Waals surface area contributed by atoms with Crippen molar-refractivity contribution in [3.8, 4) is 0 Å². The first-order chi connectivity index (χ1) is 25.5. The summed E-state index contributed by atoms with van der Waals surface area (Å²) in [7, 11) is -1.46. The third kappa shape index (κ3) is 6.38. The summed E-state index contributed by atoms with van der Waals surface area (Å²) in [6, 6.07) is 55.1. The zero-order chi connectivity index (χ0) is 37.0. The second-order valence-electron chi connectivity index (χ2n) is 16.4. The van der Waals surface area contributed by atoms with Gasteiger partial charge in [-0.15, -0.1) is 0 Å². The predicted molar refractivity (Wildman–Crippen MR) is 235 cm³/mol. The Morgan fingerprint density at radius 2 is 0.736 bits per heavy atom. The molecule has 8 rings (SSSR count). The molecule has 53 heavy (non-hydrogen) atoms. The molecule has 8 aromatic rings. The molecular formula is C50H50N2Si. The first-order valence-corrected chi connectivity index (χ1v) is 22.7. The van der Waals surface area contributed by atoms with Gasteiger partial charge in [-0.25, -0.2) is 0 Å². The zero-order valence-electron chi connectivity index (χ0n) is 32.4. The highest BCUT2D eigenvalue weighted by Crippen LogP contribution is 2.47. The molecule has 0 unspecified atom stereocenters. The lowest BCUT2D eigenvalue weighted by Crippen LogP contribution is -2.37. The van der Waals surface area contributed by atoms with Crippen molar-refractivity contribution in [3.05, 3.63) is 162 Å². The lowest BCUT2D eigenvalue weighted by atomic mass is 9.91. The quantitative estimate of drug-likeness (QED) is 0.109. The first kappa shape index (κ1) is 34.7. The topological polar surface area (TPSA) is 6.48 Å². The summed E-state index contributed by atoms with van der Waals surface area (Å²) < 4.78 is 0. The van der Waals surface area contributed by atoms with Crippen LogP contribution in [0.2, 0.25) is 19.6 Å². The third-order valence-corrected chi connectivity index (χ3v) is 13.1. The molecule has 2 nitrogen and oxygen atoms in total. The summed E-state index contributed by atoms with van der Waals surface area (Å²) >= 11 is 0. The Bertz CT molecular complexity index is 2520. The molecule has 0 aliphatic heterocycles. The van der Waals surface area contributed by atoms with Crippen LogP contribution in [-0.4, -0.2) is 8.07 Å². The molecule has 0 saturated heterocycles. The minimum absolute atomic E-state index is 0.477. The Kier molecular flexibility index (Phi) is 8.87. The van der Waals surface area contributed by atoms with Crippen molar-refractivity contribution in [1.29, 1.82) is 0 Å². The van der Waals surface area contributed by atoms with Crippen molar-refractivity contribution in [2.75, 3.05) is 9.80 Å². The molecule has 0 radical (unpaired) electrons. The molecule has 0 N–H and O–H groups in total. The fourth-order valence-corrected chi connectivity index (χ4v) is 9.00. The van der Waals surface area contributed by atoms with Crippen LogP contribution < -0.4 is 15.0 Å². The van der Waals surface area contributed by atoms with E-state index < -0.39 is 8.07 Å². The van der Waals surface area contributed by atoms with E-state index in [-0.39, 0.29) is 0 Å². The molecule has 8 aromatic carbocycles. The highest BCUT2D eigenvalue weighted by Gasteiger charge is 2.23. The van der Waals surface area contributed by atoms with E-state index in [4.69, 9.17) is 0 Å². The van der Waals surface area contributed by atoms with Crippen LogP contribution in [0.5, 0.6) is 0 Å². The van der Waals surface area contributed by atoms with Gasteiger partial charge in [0.25, 0.3) is 0 Å². The smallest absolute Gasteiger partial charge is 0.0775 e. The van der Waals surface area contributed by atoms with E-state index in [1.54, 1.807) is 0 Å². The highest BCUT2D eigenvalue weighted by molar-refractivity contribution is 6.88. The average Bonchev–Trinajstić information content (AvgIpc) is 3.16. The van der Waals surface area contributed by atoms with E-state index in [0.717, 1.165) is 11.4 Å². The second-order valence-corrected chi connectivity index (χ2v) is 21.5. The van der Waals surface area contributed by atoms with Crippen molar-refractivity contribution >= 4 is 79.7 Å². The zero-order valence-corrected chi connectivity index (χ0v) is 33.4. The monoisotopic (exact) mass is 706 g/mol. The number of hydrogen-bond donors (Lipinski definition) is 0. The van der Waals surface area contributed by atoms with Gasteiger partial charge in [-0.2, -0.15) is 0 Å². The van der Waals surface area contributed by atoms with Gasteiger partial charge < -0.3 is 9.80 Å². The Hall–Kier alpha value is -5.38. The maximum absolute atomic E-state index is 2.46. The van der Waals surface area contributed by atoms with E-state index in [0.29, 0.717) is 11.8 Å². The molecule has 0 bridgehead atoms. The van der Waals surface area contributed by atoms with Crippen molar-refractivity contribution < 1.29 is 0 Å². The number of nitrogens with zero attached hydrogens (tertiary/aromatic N) is 2. The summed E-state index contributed by atoms with van der Waals surface area (Å²) in [5, 5.41) is 9.09. The molecule has 0 saturated carbocycles. The van der Waals surface area contributed by atoms with Crippen LogP contribution in [0.1, 0.15) is 56.2 Å². The van der Waals surface area contributed by atoms with Crippen molar-refractivity contribution in [2.24, 2.45) is 0 Å². The van der Waals surface area contributed by atoms with Crippen LogP contribution in [0.3, 0.4) is 0 Å². The molecule has 0 spiro atoms. The van der Waals surface area contributed by atoms with Crippen molar-refractivity contribution in [1.82, 2.24) is 0 Å². The molecule has 0 aromatic heterocycles. The average molecular weight is 707 g/mol. The molecule has 3 heteroatoms. The Morgan fingerprint density at radius 1 is 0.396 bits per heavy atom. The standard InChI is InChI=1S/C50H50N2Si/c1-33(2)36-11-21-41(22-12-36)51(40-19-9-35(5)10-20-40)47-31-17-38-16-30-46-48(32-18-39-15-29-45(47)49(38)50(39)46)52(42-23-13-37(14-24-42)34(3)4)43-25-27-44(28-26-43)53(6,7)8/h9-34H,1-8H3. The first-order valence-electron chi connectivity index (χ1n) is 19.2. The molecular weight excluding hydrogens is 657 g/mol. The van der Waals surface area contributed by atoms with E-state index in [1.807, 2.05) is 0 Å². The fraction of sp³-hybridized carbons (Fsp3) is 0.200. The van der Waals surface area contributed by atoms with Gasteiger partial charge >= 0.3 is 0 Å². The summed E-state index contributed by atoms with van der Waals surface area (Å²) in [5.74, 6) is 0.955. The predicted octanol–water partition coefficient (Wildman–Crippen LogP) is 14.6. The molecule has 0 heterocycles. The number of aryl methyl sites for hydroxylation is 1. The van der Waals surface area contributed by atoms with E-state index in [2.05, 4.69) is 210 Å². The van der Waals surface area contributed by atoms with Gasteiger partial charge in [-0.3, -0.25) is 0 Å². The van der Waals surface area contributed by atoms with Gasteiger partial charge in [-0.05, 0) is 112 Å². The van der Waals surface area contributed by atoms with Gasteiger partial charge in [0, 0.05) is 33.5 Å². The number of benzene rings is 8. The minimum Gasteiger partial charge on any atom is -0.310 e. The molecule has 0 aliphatic rings. The maximum atomic E-state index is 2.46. The Labute approximate surface area is 316 Å². The van der Waals surface area contributed by atoms with Gasteiger partial charge in [-0.1, -0.05) is 143 Å². The van der Waals surface area contributed by atoms with Gasteiger partial charge in [0.2, 0.25) is 0 Å². The van der Waals surface area contributed by atoms with Gasteiger partial charge in [0.05, 0.1) is 19.4 Å². The summed E-state index contributed by atoms with van der Waals surface area (Å²) in [5.41, 5.74) is 11.0.